The lowest BCUT2D eigenvalue weighted by Crippen LogP contribution is -2.32. The number of fused-ring (bicyclic) bond motifs is 1. The molecule has 4 aromatic rings. The molecule has 0 fully saturated rings. The van der Waals surface area contributed by atoms with Crippen molar-refractivity contribution in [3.8, 4) is 5.69 Å². The number of nitrogens with one attached hydrogen (secondary N) is 1. The highest BCUT2D eigenvalue weighted by Gasteiger charge is 2.20. The Morgan fingerprint density at radius 1 is 1.13 bits per heavy atom. The second kappa shape index (κ2) is 8.08. The van der Waals surface area contributed by atoms with Gasteiger partial charge in [-0.05, 0) is 43.5 Å². The number of aromatic nitrogens is 3. The molecule has 1 amide bonds. The third-order valence-corrected chi connectivity index (χ3v) is 5.30. The molecule has 150 valence electrons. The van der Waals surface area contributed by atoms with Crippen LogP contribution in [-0.4, -0.2) is 20.4 Å². The predicted molar refractivity (Wildman–Crippen MR) is 117 cm³/mol. The van der Waals surface area contributed by atoms with Gasteiger partial charge in [0.05, 0.1) is 27.7 Å². The monoisotopic (exact) mass is 418 g/mol. The van der Waals surface area contributed by atoms with Crippen molar-refractivity contribution in [3.05, 3.63) is 99.4 Å². The molecule has 0 bridgehead atoms. The zero-order valence-corrected chi connectivity index (χ0v) is 17.2. The van der Waals surface area contributed by atoms with Crippen LogP contribution in [-0.2, 0) is 0 Å². The van der Waals surface area contributed by atoms with Crippen LogP contribution in [0, 0.1) is 6.92 Å². The summed E-state index contributed by atoms with van der Waals surface area (Å²) in [5.41, 5.74) is 2.07. The van der Waals surface area contributed by atoms with Gasteiger partial charge in [0.15, 0.2) is 0 Å². The Bertz CT molecular complexity index is 1300. The smallest absolute Gasteiger partial charge is 0.264 e. The van der Waals surface area contributed by atoms with E-state index in [1.807, 2.05) is 49.4 Å². The highest BCUT2D eigenvalue weighted by molar-refractivity contribution is 6.35. The number of nitrogens with zero attached hydrogens (tertiary/aromatic N) is 3. The number of benzene rings is 2. The molecular weight excluding hydrogens is 400 g/mol. The summed E-state index contributed by atoms with van der Waals surface area (Å²) >= 11 is 6.34. The van der Waals surface area contributed by atoms with E-state index in [0.717, 1.165) is 5.39 Å². The van der Waals surface area contributed by atoms with Gasteiger partial charge < -0.3 is 5.32 Å². The molecule has 6 nitrogen and oxygen atoms in total. The van der Waals surface area contributed by atoms with Crippen LogP contribution in [0.3, 0.4) is 0 Å². The van der Waals surface area contributed by atoms with Crippen LogP contribution in [0.25, 0.3) is 16.5 Å². The summed E-state index contributed by atoms with van der Waals surface area (Å²) in [5, 5.41) is 4.51. The molecule has 0 unspecified atom stereocenters. The first kappa shape index (κ1) is 19.8. The predicted octanol–water partition coefficient (Wildman–Crippen LogP) is 4.23. The quantitative estimate of drug-likeness (QED) is 0.538. The number of amides is 1. The van der Waals surface area contributed by atoms with Gasteiger partial charge >= 0.3 is 0 Å². The standard InChI is InChI=1S/C23H19ClN4O2/c1-14-18(12-25-13-26-14)22(29)27-15(2)20-11-16-7-6-10-19(24)21(16)23(30)28(20)17-8-4-3-5-9-17/h3-13,15H,1-2H3,(H,27,29)/t15-/m0/s1. The molecule has 1 N–H and O–H groups in total. The van der Waals surface area contributed by atoms with E-state index in [1.165, 1.54) is 12.5 Å². The average molecular weight is 419 g/mol. The number of aryl methyl sites for hydroxylation is 1. The van der Waals surface area contributed by atoms with Crippen LogP contribution in [0.2, 0.25) is 5.02 Å². The van der Waals surface area contributed by atoms with Crippen LogP contribution < -0.4 is 10.9 Å². The van der Waals surface area contributed by atoms with Gasteiger partial charge in [-0.25, -0.2) is 9.97 Å². The van der Waals surface area contributed by atoms with E-state index in [9.17, 15) is 9.59 Å². The summed E-state index contributed by atoms with van der Waals surface area (Å²) in [6.07, 6.45) is 2.88. The fraction of sp³-hybridized carbons (Fsp3) is 0.130. The maximum absolute atomic E-state index is 13.4. The minimum Gasteiger partial charge on any atom is -0.344 e. The molecular formula is C23H19ClN4O2. The zero-order chi connectivity index (χ0) is 21.3. The van der Waals surface area contributed by atoms with Crippen LogP contribution in [0.1, 0.15) is 34.7 Å². The maximum Gasteiger partial charge on any atom is 0.264 e. The van der Waals surface area contributed by atoms with Crippen molar-refractivity contribution in [1.29, 1.82) is 0 Å². The topological polar surface area (TPSA) is 76.9 Å². The summed E-state index contributed by atoms with van der Waals surface area (Å²) in [6, 6.07) is 16.0. The summed E-state index contributed by atoms with van der Waals surface area (Å²) in [4.78, 5) is 34.2. The Morgan fingerprint density at radius 2 is 1.90 bits per heavy atom. The summed E-state index contributed by atoms with van der Waals surface area (Å²) in [5.74, 6) is -0.307. The van der Waals surface area contributed by atoms with Crippen molar-refractivity contribution in [3.63, 3.8) is 0 Å². The molecule has 4 rings (SSSR count). The maximum atomic E-state index is 13.4. The van der Waals surface area contributed by atoms with E-state index in [-0.39, 0.29) is 11.5 Å². The molecule has 30 heavy (non-hydrogen) atoms. The molecule has 2 aromatic carbocycles. The number of carbonyl (C=O) groups excluding carboxylic acids is 1. The molecule has 2 aromatic heterocycles. The van der Waals surface area contributed by atoms with Gasteiger partial charge in [-0.2, -0.15) is 0 Å². The molecule has 1 atom stereocenters. The van der Waals surface area contributed by atoms with E-state index >= 15 is 0 Å². The molecule has 0 aliphatic rings. The average Bonchev–Trinajstić information content (AvgIpc) is 2.74. The van der Waals surface area contributed by atoms with Crippen molar-refractivity contribution in [2.75, 3.05) is 0 Å². The van der Waals surface area contributed by atoms with E-state index in [2.05, 4.69) is 15.3 Å². The summed E-state index contributed by atoms with van der Waals surface area (Å²) in [7, 11) is 0. The number of hydrogen-bond acceptors (Lipinski definition) is 4. The molecule has 0 saturated carbocycles. The Hall–Kier alpha value is -3.51. The van der Waals surface area contributed by atoms with Crippen molar-refractivity contribution in [1.82, 2.24) is 19.9 Å². The third kappa shape index (κ3) is 3.57. The highest BCUT2D eigenvalue weighted by Crippen LogP contribution is 2.25. The van der Waals surface area contributed by atoms with Gasteiger partial charge in [-0.1, -0.05) is 41.9 Å². The van der Waals surface area contributed by atoms with E-state index < -0.39 is 6.04 Å². The number of carbonyl (C=O) groups is 1. The Labute approximate surface area is 178 Å². The van der Waals surface area contributed by atoms with Crippen LogP contribution in [0.15, 0.2) is 71.9 Å². The molecule has 2 heterocycles. The van der Waals surface area contributed by atoms with Gasteiger partial charge in [-0.3, -0.25) is 14.2 Å². The normalized spacial score (nSPS) is 12.0. The number of para-hydroxylation sites is 1. The Balaban J connectivity index is 1.86. The molecule has 7 heteroatoms. The highest BCUT2D eigenvalue weighted by atomic mass is 35.5. The molecule has 0 aliphatic carbocycles. The lowest BCUT2D eigenvalue weighted by molar-refractivity contribution is 0.0937. The van der Waals surface area contributed by atoms with Gasteiger partial charge in [0, 0.05) is 17.6 Å². The van der Waals surface area contributed by atoms with Gasteiger partial charge in [0.25, 0.3) is 11.5 Å². The fourth-order valence-corrected chi connectivity index (χ4v) is 3.73. The summed E-state index contributed by atoms with van der Waals surface area (Å²) < 4.78 is 1.59. The molecule has 0 saturated heterocycles. The third-order valence-electron chi connectivity index (χ3n) is 4.99. The van der Waals surface area contributed by atoms with E-state index in [0.29, 0.717) is 33.0 Å². The molecule has 0 spiro atoms. The largest absolute Gasteiger partial charge is 0.344 e. The summed E-state index contributed by atoms with van der Waals surface area (Å²) in [6.45, 7) is 3.58. The van der Waals surface area contributed by atoms with Gasteiger partial charge in [0.1, 0.15) is 6.33 Å². The van der Waals surface area contributed by atoms with Gasteiger partial charge in [0.2, 0.25) is 0 Å². The van der Waals surface area contributed by atoms with Crippen molar-refractivity contribution in [2.24, 2.45) is 0 Å². The molecule has 0 radical (unpaired) electrons. The van der Waals surface area contributed by atoms with Crippen LogP contribution in [0.4, 0.5) is 0 Å². The van der Waals surface area contributed by atoms with E-state index in [4.69, 9.17) is 11.6 Å². The second-order valence-electron chi connectivity index (χ2n) is 6.97. The van der Waals surface area contributed by atoms with E-state index in [1.54, 1.807) is 23.6 Å². The first-order chi connectivity index (χ1) is 14.5. The van der Waals surface area contributed by atoms with Crippen LogP contribution >= 0.6 is 11.6 Å². The second-order valence-corrected chi connectivity index (χ2v) is 7.37. The number of rotatable bonds is 4. The Morgan fingerprint density at radius 3 is 2.63 bits per heavy atom. The number of pyridine rings is 1. The van der Waals surface area contributed by atoms with Crippen molar-refractivity contribution < 1.29 is 4.79 Å². The lowest BCUT2D eigenvalue weighted by atomic mass is 10.1. The minimum absolute atomic E-state index is 0.236. The SMILES string of the molecule is Cc1ncncc1C(=O)N[C@@H](C)c1cc2cccc(Cl)c2c(=O)n1-c1ccccc1. The Kier molecular flexibility index (Phi) is 5.33. The fourth-order valence-electron chi connectivity index (χ4n) is 3.46. The number of halogens is 1. The lowest BCUT2D eigenvalue weighted by Gasteiger charge is -2.21. The van der Waals surface area contributed by atoms with Crippen molar-refractivity contribution >= 4 is 28.3 Å². The zero-order valence-electron chi connectivity index (χ0n) is 16.5. The molecule has 0 aliphatic heterocycles. The first-order valence-electron chi connectivity index (χ1n) is 9.44. The number of hydrogen-bond donors (Lipinski definition) is 1. The first-order valence-corrected chi connectivity index (χ1v) is 9.82. The van der Waals surface area contributed by atoms with Gasteiger partial charge in [-0.15, -0.1) is 0 Å². The van der Waals surface area contributed by atoms with Crippen LogP contribution in [0.5, 0.6) is 0 Å². The van der Waals surface area contributed by atoms with Crippen molar-refractivity contribution in [2.45, 2.75) is 19.9 Å². The minimum atomic E-state index is -0.464.